The van der Waals surface area contributed by atoms with Crippen LogP contribution in [0.25, 0.3) is 55.3 Å². The molecule has 1 atom stereocenters. The van der Waals surface area contributed by atoms with Crippen molar-refractivity contribution in [3.63, 3.8) is 0 Å². The Hall–Kier alpha value is -6.96. The summed E-state index contributed by atoms with van der Waals surface area (Å²) >= 11 is 0. The molecule has 0 amide bonds. The molecule has 0 aliphatic heterocycles. The molecule has 0 radical (unpaired) electrons. The molecule has 1 aliphatic rings. The molecule has 10 rings (SSSR count). The first-order chi connectivity index (χ1) is 27.1. The monoisotopic (exact) mass is 701 g/mol. The third kappa shape index (κ3) is 5.64. The minimum atomic E-state index is -0.231. The fourth-order valence-corrected chi connectivity index (χ4v) is 8.73. The van der Waals surface area contributed by atoms with Gasteiger partial charge >= 0.3 is 0 Å². The smallest absolute Gasteiger partial charge is 0.0468 e. The number of benzene rings is 9. The molecule has 1 unspecified atom stereocenters. The molecule has 55 heavy (non-hydrogen) atoms. The van der Waals surface area contributed by atoms with Crippen LogP contribution >= 0.6 is 0 Å². The van der Waals surface area contributed by atoms with Crippen LogP contribution in [-0.2, 0) is 5.41 Å². The molecule has 0 fully saturated rings. The van der Waals surface area contributed by atoms with Gasteiger partial charge in [0.15, 0.2) is 0 Å². The minimum Gasteiger partial charge on any atom is -0.310 e. The molecule has 0 N–H and O–H groups in total. The van der Waals surface area contributed by atoms with Gasteiger partial charge < -0.3 is 4.90 Å². The van der Waals surface area contributed by atoms with Gasteiger partial charge in [0, 0.05) is 22.5 Å². The average molecular weight is 702 g/mol. The molecular formula is C54H39N. The van der Waals surface area contributed by atoms with Gasteiger partial charge in [0.05, 0.1) is 0 Å². The first-order valence-corrected chi connectivity index (χ1v) is 19.1. The van der Waals surface area contributed by atoms with E-state index in [9.17, 15) is 0 Å². The van der Waals surface area contributed by atoms with E-state index in [0.717, 1.165) is 17.1 Å². The molecule has 1 heteroatoms. The van der Waals surface area contributed by atoms with E-state index in [0.29, 0.717) is 0 Å². The highest BCUT2D eigenvalue weighted by atomic mass is 15.1. The van der Waals surface area contributed by atoms with Crippen LogP contribution in [0.2, 0.25) is 0 Å². The summed E-state index contributed by atoms with van der Waals surface area (Å²) < 4.78 is 0. The number of rotatable bonds is 7. The summed E-state index contributed by atoms with van der Waals surface area (Å²) in [5, 5.41) is 2.45. The van der Waals surface area contributed by atoms with Crippen molar-refractivity contribution < 1.29 is 0 Å². The maximum atomic E-state index is 2.38. The van der Waals surface area contributed by atoms with Crippen LogP contribution in [0.5, 0.6) is 0 Å². The van der Waals surface area contributed by atoms with Crippen LogP contribution in [-0.4, -0.2) is 0 Å². The third-order valence-corrected chi connectivity index (χ3v) is 11.5. The predicted molar refractivity (Wildman–Crippen MR) is 232 cm³/mol. The van der Waals surface area contributed by atoms with Crippen LogP contribution in [0.15, 0.2) is 218 Å². The summed E-state index contributed by atoms with van der Waals surface area (Å²) in [6.45, 7) is 2.38. The first-order valence-electron chi connectivity index (χ1n) is 19.1. The number of anilines is 3. The van der Waals surface area contributed by atoms with Gasteiger partial charge in [0.1, 0.15) is 0 Å². The lowest BCUT2D eigenvalue weighted by Crippen LogP contribution is -2.22. The van der Waals surface area contributed by atoms with E-state index in [-0.39, 0.29) is 5.41 Å². The van der Waals surface area contributed by atoms with Crippen molar-refractivity contribution >= 4 is 27.8 Å². The fraction of sp³-hybridized carbons (Fsp3) is 0.0370. The van der Waals surface area contributed by atoms with E-state index in [1.807, 2.05) is 0 Å². The minimum absolute atomic E-state index is 0.231. The summed E-state index contributed by atoms with van der Waals surface area (Å²) in [7, 11) is 0. The molecular weight excluding hydrogens is 663 g/mol. The van der Waals surface area contributed by atoms with E-state index in [2.05, 4.69) is 230 Å². The van der Waals surface area contributed by atoms with E-state index >= 15 is 0 Å². The van der Waals surface area contributed by atoms with Crippen molar-refractivity contribution in [2.75, 3.05) is 4.90 Å². The topological polar surface area (TPSA) is 3.24 Å². The molecule has 0 bridgehead atoms. The molecule has 260 valence electrons. The van der Waals surface area contributed by atoms with Gasteiger partial charge in [0.25, 0.3) is 0 Å². The summed E-state index contributed by atoms with van der Waals surface area (Å²) in [5.74, 6) is 0. The van der Waals surface area contributed by atoms with Gasteiger partial charge in [-0.05, 0) is 121 Å². The van der Waals surface area contributed by atoms with Crippen molar-refractivity contribution in [1.29, 1.82) is 0 Å². The number of hydrogen-bond acceptors (Lipinski definition) is 1. The first kappa shape index (κ1) is 32.7. The molecule has 1 nitrogen and oxygen atoms in total. The Balaban J connectivity index is 1.05. The van der Waals surface area contributed by atoms with E-state index in [1.54, 1.807) is 0 Å². The second-order valence-electron chi connectivity index (χ2n) is 14.7. The Labute approximate surface area is 323 Å². The average Bonchev–Trinajstić information content (AvgIpc) is 3.53. The molecule has 0 heterocycles. The summed E-state index contributed by atoms with van der Waals surface area (Å²) in [4.78, 5) is 2.37. The van der Waals surface area contributed by atoms with Crippen molar-refractivity contribution in [2.24, 2.45) is 0 Å². The van der Waals surface area contributed by atoms with Crippen molar-refractivity contribution in [1.82, 2.24) is 0 Å². The van der Waals surface area contributed by atoms with E-state index < -0.39 is 0 Å². The maximum absolute atomic E-state index is 2.38. The predicted octanol–water partition coefficient (Wildman–Crippen LogP) is 14.6. The Kier molecular flexibility index (Phi) is 8.00. The van der Waals surface area contributed by atoms with Gasteiger partial charge in [-0.3, -0.25) is 0 Å². The Morgan fingerprint density at radius 2 is 0.836 bits per heavy atom. The third-order valence-electron chi connectivity index (χ3n) is 11.5. The lowest BCUT2D eigenvalue weighted by atomic mass is 9.74. The lowest BCUT2D eigenvalue weighted by molar-refractivity contribution is 0.714. The van der Waals surface area contributed by atoms with Gasteiger partial charge in [-0.25, -0.2) is 0 Å². The molecule has 0 spiro atoms. The lowest BCUT2D eigenvalue weighted by Gasteiger charge is -2.28. The van der Waals surface area contributed by atoms with Crippen LogP contribution < -0.4 is 4.90 Å². The number of nitrogens with zero attached hydrogens (tertiary/aromatic N) is 1. The summed E-state index contributed by atoms with van der Waals surface area (Å²) in [6, 6.07) is 79.6. The molecule has 0 saturated heterocycles. The van der Waals surface area contributed by atoms with Crippen LogP contribution in [0.3, 0.4) is 0 Å². The Morgan fingerprint density at radius 1 is 0.327 bits per heavy atom. The maximum Gasteiger partial charge on any atom is 0.0468 e. The van der Waals surface area contributed by atoms with Crippen LogP contribution in [0, 0.1) is 0 Å². The van der Waals surface area contributed by atoms with Crippen LogP contribution in [0.4, 0.5) is 17.1 Å². The Bertz CT molecular complexity index is 2800. The van der Waals surface area contributed by atoms with Gasteiger partial charge in [-0.1, -0.05) is 176 Å². The fourth-order valence-electron chi connectivity index (χ4n) is 8.73. The highest BCUT2D eigenvalue weighted by Crippen LogP contribution is 2.55. The highest BCUT2D eigenvalue weighted by molar-refractivity contribution is 5.95. The van der Waals surface area contributed by atoms with Crippen molar-refractivity contribution in [3.05, 3.63) is 235 Å². The van der Waals surface area contributed by atoms with Gasteiger partial charge in [0.2, 0.25) is 0 Å². The van der Waals surface area contributed by atoms with Gasteiger partial charge in [-0.2, -0.15) is 0 Å². The standard InChI is InChI=1S/C54H39N/c1-54(45-20-6-3-7-21-45)51-24-11-10-22-50(51)53-49(23-13-25-52(53)54)41-29-33-47(34-30-41)55(48-35-28-39-16-8-9-17-44(39)37-48)46-31-26-40(27-32-46)43-19-12-18-42(36-43)38-14-4-2-5-15-38/h2-37H,1H3. The molecule has 9 aromatic rings. The molecule has 0 saturated carbocycles. The quantitative estimate of drug-likeness (QED) is 0.160. The van der Waals surface area contributed by atoms with Crippen molar-refractivity contribution in [3.8, 4) is 44.5 Å². The van der Waals surface area contributed by atoms with Gasteiger partial charge in [-0.15, -0.1) is 0 Å². The van der Waals surface area contributed by atoms with E-state index in [1.165, 1.54) is 72.0 Å². The molecule has 1 aliphatic carbocycles. The second kappa shape index (κ2) is 13.5. The molecule has 9 aromatic carbocycles. The van der Waals surface area contributed by atoms with Crippen LogP contribution in [0.1, 0.15) is 23.6 Å². The van der Waals surface area contributed by atoms with E-state index in [4.69, 9.17) is 0 Å². The highest BCUT2D eigenvalue weighted by Gasteiger charge is 2.41. The summed E-state index contributed by atoms with van der Waals surface area (Å²) in [6.07, 6.45) is 0. The molecule has 0 aromatic heterocycles. The summed E-state index contributed by atoms with van der Waals surface area (Å²) in [5.41, 5.74) is 17.1. The normalized spacial score (nSPS) is 14.3. The zero-order chi connectivity index (χ0) is 36.8. The largest absolute Gasteiger partial charge is 0.310 e. The van der Waals surface area contributed by atoms with Crippen molar-refractivity contribution in [2.45, 2.75) is 12.3 Å². The number of hydrogen-bond donors (Lipinski definition) is 0. The Morgan fingerprint density at radius 3 is 1.56 bits per heavy atom. The second-order valence-corrected chi connectivity index (χ2v) is 14.7. The zero-order valence-electron chi connectivity index (χ0n) is 30.7. The SMILES string of the molecule is CC1(c2ccccc2)c2ccccc2-c2c(-c3ccc(N(c4ccc(-c5cccc(-c6ccccc6)c5)cc4)c4ccc5ccccc5c4)cc3)cccc21. The zero-order valence-corrected chi connectivity index (χ0v) is 30.7. The number of fused-ring (bicyclic) bond motifs is 4.